The van der Waals surface area contributed by atoms with Gasteiger partial charge in [0.05, 0.1) is 12.0 Å². The topological polar surface area (TPSA) is 26.3 Å². The standard InChI is InChI=1S/C32H64O2/c1-5-8-11-13-15-17-19-21-23-26-29-32(4,28-25-10-7-3)31(33)34-30-27-24-22-20-18-16-14-12-9-6-2/h5-30H2,1-4H3. The fourth-order valence-corrected chi connectivity index (χ4v) is 5.03. The highest BCUT2D eigenvalue weighted by Gasteiger charge is 2.33. The Kier molecular flexibility index (Phi) is 25.2. The van der Waals surface area contributed by atoms with E-state index in [0.717, 1.165) is 25.7 Å². The molecule has 0 N–H and O–H groups in total. The van der Waals surface area contributed by atoms with Gasteiger partial charge in [0.15, 0.2) is 0 Å². The summed E-state index contributed by atoms with van der Waals surface area (Å²) in [6, 6.07) is 0. The Morgan fingerprint density at radius 2 is 0.765 bits per heavy atom. The molecule has 0 heterocycles. The van der Waals surface area contributed by atoms with Crippen molar-refractivity contribution in [1.82, 2.24) is 0 Å². The minimum atomic E-state index is -0.270. The predicted molar refractivity (Wildman–Crippen MR) is 152 cm³/mol. The van der Waals surface area contributed by atoms with E-state index in [9.17, 15) is 4.79 Å². The van der Waals surface area contributed by atoms with E-state index < -0.39 is 0 Å². The zero-order valence-electron chi connectivity index (χ0n) is 24.2. The Hall–Kier alpha value is -0.530. The molecule has 204 valence electrons. The molecule has 2 nitrogen and oxygen atoms in total. The van der Waals surface area contributed by atoms with Crippen LogP contribution in [0.15, 0.2) is 0 Å². The number of hydrogen-bond acceptors (Lipinski definition) is 2. The lowest BCUT2D eigenvalue weighted by Gasteiger charge is -2.27. The van der Waals surface area contributed by atoms with Gasteiger partial charge in [-0.05, 0) is 26.2 Å². The summed E-state index contributed by atoms with van der Waals surface area (Å²) in [5, 5.41) is 0. The van der Waals surface area contributed by atoms with E-state index in [2.05, 4.69) is 27.7 Å². The lowest BCUT2D eigenvalue weighted by molar-refractivity contribution is -0.156. The molecule has 0 aromatic carbocycles. The molecule has 0 spiro atoms. The van der Waals surface area contributed by atoms with Gasteiger partial charge >= 0.3 is 5.97 Å². The Morgan fingerprint density at radius 1 is 0.471 bits per heavy atom. The van der Waals surface area contributed by atoms with Crippen molar-refractivity contribution < 1.29 is 9.53 Å². The lowest BCUT2D eigenvalue weighted by Crippen LogP contribution is -2.30. The van der Waals surface area contributed by atoms with Crippen LogP contribution in [-0.4, -0.2) is 12.6 Å². The number of carbonyl (C=O) groups excluding carboxylic acids is 1. The number of carbonyl (C=O) groups is 1. The molecule has 0 aromatic heterocycles. The first-order chi connectivity index (χ1) is 16.6. The fraction of sp³-hybridized carbons (Fsp3) is 0.969. The van der Waals surface area contributed by atoms with Crippen LogP contribution in [0, 0.1) is 5.41 Å². The molecule has 0 radical (unpaired) electrons. The van der Waals surface area contributed by atoms with Crippen LogP contribution in [0.4, 0.5) is 0 Å². The van der Waals surface area contributed by atoms with Crippen molar-refractivity contribution in [2.75, 3.05) is 6.61 Å². The van der Waals surface area contributed by atoms with E-state index in [0.29, 0.717) is 6.61 Å². The van der Waals surface area contributed by atoms with Gasteiger partial charge in [-0.3, -0.25) is 4.79 Å². The smallest absolute Gasteiger partial charge is 0.311 e. The third-order valence-corrected chi connectivity index (χ3v) is 7.64. The third-order valence-electron chi connectivity index (χ3n) is 7.64. The van der Waals surface area contributed by atoms with Gasteiger partial charge in [-0.25, -0.2) is 0 Å². The van der Waals surface area contributed by atoms with Crippen LogP contribution in [0.2, 0.25) is 0 Å². The molecule has 0 aliphatic carbocycles. The van der Waals surface area contributed by atoms with Gasteiger partial charge in [0.25, 0.3) is 0 Å². The van der Waals surface area contributed by atoms with Crippen LogP contribution < -0.4 is 0 Å². The zero-order valence-corrected chi connectivity index (χ0v) is 24.2. The van der Waals surface area contributed by atoms with Crippen molar-refractivity contribution in [1.29, 1.82) is 0 Å². The largest absolute Gasteiger partial charge is 0.465 e. The molecule has 0 saturated heterocycles. The average molecular weight is 481 g/mol. The fourth-order valence-electron chi connectivity index (χ4n) is 5.03. The Labute approximate surface area is 215 Å². The minimum absolute atomic E-state index is 0.0791. The molecular formula is C32H64O2. The minimum Gasteiger partial charge on any atom is -0.465 e. The molecule has 0 bridgehead atoms. The summed E-state index contributed by atoms with van der Waals surface area (Å²) in [5.74, 6) is 0.0791. The van der Waals surface area contributed by atoms with E-state index in [1.165, 1.54) is 135 Å². The van der Waals surface area contributed by atoms with E-state index in [4.69, 9.17) is 4.74 Å². The molecule has 2 heteroatoms. The summed E-state index contributed by atoms with van der Waals surface area (Å²) >= 11 is 0. The monoisotopic (exact) mass is 480 g/mol. The van der Waals surface area contributed by atoms with E-state index >= 15 is 0 Å². The maximum Gasteiger partial charge on any atom is 0.311 e. The second kappa shape index (κ2) is 25.6. The second-order valence-electron chi connectivity index (χ2n) is 11.3. The van der Waals surface area contributed by atoms with Gasteiger partial charge < -0.3 is 4.74 Å². The average Bonchev–Trinajstić information content (AvgIpc) is 2.83. The van der Waals surface area contributed by atoms with Crippen LogP contribution in [0.25, 0.3) is 0 Å². The highest BCUT2D eigenvalue weighted by atomic mass is 16.5. The quantitative estimate of drug-likeness (QED) is 0.0862. The molecule has 34 heavy (non-hydrogen) atoms. The van der Waals surface area contributed by atoms with Crippen LogP contribution >= 0.6 is 0 Å². The molecular weight excluding hydrogens is 416 g/mol. The Morgan fingerprint density at radius 3 is 1.18 bits per heavy atom. The highest BCUT2D eigenvalue weighted by molar-refractivity contribution is 5.76. The Bertz CT molecular complexity index is 419. The lowest BCUT2D eigenvalue weighted by atomic mass is 9.79. The van der Waals surface area contributed by atoms with Gasteiger partial charge in [-0.1, -0.05) is 162 Å². The number of unbranched alkanes of at least 4 members (excludes halogenated alkanes) is 20. The Balaban J connectivity index is 3.98. The van der Waals surface area contributed by atoms with Gasteiger partial charge in [0, 0.05) is 0 Å². The zero-order chi connectivity index (χ0) is 25.2. The maximum absolute atomic E-state index is 13.0. The van der Waals surface area contributed by atoms with Crippen molar-refractivity contribution in [2.45, 2.75) is 188 Å². The first-order valence-electron chi connectivity index (χ1n) is 15.8. The van der Waals surface area contributed by atoms with Crippen molar-refractivity contribution >= 4 is 5.97 Å². The number of esters is 1. The summed E-state index contributed by atoms with van der Waals surface area (Å²) in [4.78, 5) is 13.0. The van der Waals surface area contributed by atoms with E-state index in [-0.39, 0.29) is 11.4 Å². The number of ether oxygens (including phenoxy) is 1. The summed E-state index contributed by atoms with van der Waals surface area (Å²) < 4.78 is 5.81. The maximum atomic E-state index is 13.0. The summed E-state index contributed by atoms with van der Waals surface area (Å²) in [7, 11) is 0. The molecule has 1 atom stereocenters. The second-order valence-corrected chi connectivity index (χ2v) is 11.3. The molecule has 0 aliphatic heterocycles. The molecule has 0 fully saturated rings. The van der Waals surface area contributed by atoms with Crippen molar-refractivity contribution in [2.24, 2.45) is 5.41 Å². The molecule has 0 aliphatic rings. The third kappa shape index (κ3) is 20.8. The van der Waals surface area contributed by atoms with Crippen LogP contribution in [0.3, 0.4) is 0 Å². The van der Waals surface area contributed by atoms with Gasteiger partial charge in [-0.15, -0.1) is 0 Å². The van der Waals surface area contributed by atoms with Gasteiger partial charge in [0.1, 0.15) is 0 Å². The molecule has 0 saturated carbocycles. The first kappa shape index (κ1) is 33.5. The van der Waals surface area contributed by atoms with Crippen LogP contribution in [0.5, 0.6) is 0 Å². The highest BCUT2D eigenvalue weighted by Crippen LogP contribution is 2.33. The molecule has 0 aromatic rings. The van der Waals surface area contributed by atoms with Crippen molar-refractivity contribution in [3.8, 4) is 0 Å². The van der Waals surface area contributed by atoms with Gasteiger partial charge in [0.2, 0.25) is 0 Å². The molecule has 1 unspecified atom stereocenters. The van der Waals surface area contributed by atoms with E-state index in [1.807, 2.05) is 0 Å². The van der Waals surface area contributed by atoms with Gasteiger partial charge in [-0.2, -0.15) is 0 Å². The van der Waals surface area contributed by atoms with E-state index in [1.54, 1.807) is 0 Å². The number of hydrogen-bond donors (Lipinski definition) is 0. The van der Waals surface area contributed by atoms with Crippen molar-refractivity contribution in [3.63, 3.8) is 0 Å². The summed E-state index contributed by atoms with van der Waals surface area (Å²) in [6.07, 6.45) is 32.2. The van der Waals surface area contributed by atoms with Crippen molar-refractivity contribution in [3.05, 3.63) is 0 Å². The summed E-state index contributed by atoms with van der Waals surface area (Å²) in [5.41, 5.74) is -0.270. The molecule has 0 rings (SSSR count). The van der Waals surface area contributed by atoms with Crippen LogP contribution in [0.1, 0.15) is 188 Å². The molecule has 0 amide bonds. The summed E-state index contributed by atoms with van der Waals surface area (Å²) in [6.45, 7) is 9.60. The van der Waals surface area contributed by atoms with Crippen LogP contribution in [-0.2, 0) is 9.53 Å². The number of rotatable bonds is 27. The first-order valence-corrected chi connectivity index (χ1v) is 15.8. The SMILES string of the molecule is CCCCCCCCCCCCOC(=O)C(C)(CCCCC)CCCCCCCCCCCC. The predicted octanol–water partition coefficient (Wildman–Crippen LogP) is 11.3. The normalized spacial score (nSPS) is 13.2.